The molecule has 56 heavy (non-hydrogen) atoms. The number of esters is 1. The molecule has 1 saturated heterocycles. The zero-order valence-electron chi connectivity index (χ0n) is 35.2. The van der Waals surface area contributed by atoms with Crippen LogP contribution in [0.25, 0.3) is 0 Å². The van der Waals surface area contributed by atoms with Crippen LogP contribution in [0.4, 0.5) is 4.79 Å². The number of ketones is 1. The molecule has 1 aromatic heterocycles. The van der Waals surface area contributed by atoms with Crippen LogP contribution in [0.3, 0.4) is 0 Å². The number of thiazole rings is 1. The lowest BCUT2D eigenvalue weighted by atomic mass is 9.82. The van der Waals surface area contributed by atoms with E-state index in [9.17, 15) is 29.1 Å². The number of carbonyl (C=O) groups excluding carboxylic acids is 5. The highest BCUT2D eigenvalue weighted by atomic mass is 32.1. The van der Waals surface area contributed by atoms with Crippen molar-refractivity contribution in [1.29, 1.82) is 0 Å². The van der Waals surface area contributed by atoms with Gasteiger partial charge in [-0.1, -0.05) is 71.4 Å². The minimum atomic E-state index is -1.05. The lowest BCUT2D eigenvalue weighted by molar-refractivity contribution is -0.147. The van der Waals surface area contributed by atoms with Gasteiger partial charge in [0.15, 0.2) is 5.78 Å². The number of hydrogen-bond donors (Lipinski definition) is 2. The van der Waals surface area contributed by atoms with Crippen molar-refractivity contribution in [2.24, 2.45) is 23.7 Å². The molecule has 0 radical (unpaired) electrons. The van der Waals surface area contributed by atoms with Crippen LogP contribution in [0.15, 0.2) is 35.7 Å². The number of amides is 3. The number of aliphatic hydroxyl groups excluding tert-OH is 1. The van der Waals surface area contributed by atoms with E-state index < -0.39 is 47.6 Å². The first-order valence-electron chi connectivity index (χ1n) is 20.3. The number of likely N-dealkylation sites (tertiary alicyclic amines) is 1. The average Bonchev–Trinajstić information content (AvgIpc) is 3.65. The summed E-state index contributed by atoms with van der Waals surface area (Å²) in [7, 11) is 1.72. The Morgan fingerprint density at radius 3 is 2.32 bits per heavy atom. The summed E-state index contributed by atoms with van der Waals surface area (Å²) in [6.45, 7) is 17.6. The summed E-state index contributed by atoms with van der Waals surface area (Å²) in [5.41, 5.74) is 0.480. The molecule has 1 fully saturated rings. The molecule has 312 valence electrons. The smallest absolute Gasteiger partial charge is 0.410 e. The summed E-state index contributed by atoms with van der Waals surface area (Å²) in [5.74, 6) is -2.23. The van der Waals surface area contributed by atoms with Gasteiger partial charge >= 0.3 is 12.1 Å². The fourth-order valence-corrected chi connectivity index (χ4v) is 8.11. The molecule has 3 rings (SSSR count). The quantitative estimate of drug-likeness (QED) is 0.138. The highest BCUT2D eigenvalue weighted by Gasteiger charge is 2.39. The molecule has 13 heteroatoms. The van der Waals surface area contributed by atoms with Crippen LogP contribution in [0.5, 0.6) is 0 Å². The maximum absolute atomic E-state index is 14.3. The molecule has 1 aromatic carbocycles. The number of ether oxygens (including phenoxy) is 2. The summed E-state index contributed by atoms with van der Waals surface area (Å²) in [4.78, 5) is 74.9. The van der Waals surface area contributed by atoms with E-state index in [1.165, 1.54) is 16.2 Å². The van der Waals surface area contributed by atoms with E-state index in [1.54, 1.807) is 51.9 Å². The molecule has 0 aliphatic carbocycles. The van der Waals surface area contributed by atoms with E-state index in [4.69, 9.17) is 9.47 Å². The van der Waals surface area contributed by atoms with Crippen molar-refractivity contribution in [3.63, 3.8) is 0 Å². The Labute approximate surface area is 338 Å². The zero-order valence-corrected chi connectivity index (χ0v) is 36.0. The molecule has 0 bridgehead atoms. The number of aromatic nitrogens is 1. The summed E-state index contributed by atoms with van der Waals surface area (Å²) >= 11 is 1.17. The number of piperidine rings is 1. The van der Waals surface area contributed by atoms with Crippen molar-refractivity contribution in [2.75, 3.05) is 20.2 Å². The average molecular weight is 799 g/mol. The Hall–Kier alpha value is -3.84. The topological polar surface area (TPSA) is 155 Å². The van der Waals surface area contributed by atoms with Crippen LogP contribution in [0.1, 0.15) is 134 Å². The fraction of sp³-hybridized carbons (Fsp3) is 0.674. The minimum Gasteiger partial charge on any atom is -0.466 e. The Morgan fingerprint density at radius 1 is 1.04 bits per heavy atom. The molecule has 2 aromatic rings. The van der Waals surface area contributed by atoms with Crippen LogP contribution in [-0.4, -0.2) is 93.5 Å². The Morgan fingerprint density at radius 2 is 1.71 bits per heavy atom. The monoisotopic (exact) mass is 798 g/mol. The third-order valence-electron chi connectivity index (χ3n) is 10.7. The van der Waals surface area contributed by atoms with Gasteiger partial charge < -0.3 is 24.8 Å². The van der Waals surface area contributed by atoms with E-state index >= 15 is 0 Å². The number of benzene rings is 1. The number of nitrogens with zero attached hydrogens (tertiary/aromatic N) is 3. The van der Waals surface area contributed by atoms with Gasteiger partial charge in [-0.3, -0.25) is 24.1 Å². The third kappa shape index (κ3) is 13.7. The molecule has 2 N–H and O–H groups in total. The lowest BCUT2D eigenvalue weighted by Crippen LogP contribution is -2.51. The van der Waals surface area contributed by atoms with E-state index in [0.29, 0.717) is 37.2 Å². The Bertz CT molecular complexity index is 1590. The van der Waals surface area contributed by atoms with E-state index in [0.717, 1.165) is 18.4 Å². The highest BCUT2D eigenvalue weighted by Crippen LogP contribution is 2.31. The summed E-state index contributed by atoms with van der Waals surface area (Å²) < 4.78 is 10.8. The van der Waals surface area contributed by atoms with Gasteiger partial charge in [0, 0.05) is 49.8 Å². The van der Waals surface area contributed by atoms with Gasteiger partial charge in [0.2, 0.25) is 5.91 Å². The van der Waals surface area contributed by atoms with Crippen LogP contribution < -0.4 is 5.32 Å². The van der Waals surface area contributed by atoms with Gasteiger partial charge in [-0.05, 0) is 77.2 Å². The maximum Gasteiger partial charge on any atom is 0.410 e. The number of Topliss-reactive ketones (excluding diaryl/α,β-unsaturated/α-hetero) is 1. The first-order chi connectivity index (χ1) is 26.4. The van der Waals surface area contributed by atoms with Gasteiger partial charge in [0.25, 0.3) is 5.91 Å². The molecule has 3 amide bonds. The summed E-state index contributed by atoms with van der Waals surface area (Å²) in [6, 6.07) is 8.31. The highest BCUT2D eigenvalue weighted by molar-refractivity contribution is 7.09. The second-order valence-corrected chi connectivity index (χ2v) is 17.6. The van der Waals surface area contributed by atoms with Gasteiger partial charge in [-0.2, -0.15) is 0 Å². The first-order valence-corrected chi connectivity index (χ1v) is 21.2. The lowest BCUT2D eigenvalue weighted by Gasteiger charge is -2.38. The molecular weight excluding hydrogens is 733 g/mol. The van der Waals surface area contributed by atoms with Crippen molar-refractivity contribution in [1.82, 2.24) is 20.1 Å². The van der Waals surface area contributed by atoms with Gasteiger partial charge in [0.05, 0.1) is 18.6 Å². The van der Waals surface area contributed by atoms with Crippen molar-refractivity contribution < 1.29 is 38.6 Å². The Kier molecular flexibility index (Phi) is 18.0. The van der Waals surface area contributed by atoms with E-state index in [1.807, 2.05) is 58.0 Å². The SMILES string of the molecule is CCOC(=O)[C@@H](C)C[C@H](Cc1ccccc1)NC(=O)c1csc([C@H](O)C[C@H](C(C)C)N(C)C(=O)[C@@H](CC(=O)[C@H]2CCCCN2C(=O)OC(C)(C)C)[C@@H](C)CC)n1. The molecule has 0 unspecified atom stereocenters. The normalized spacial score (nSPS) is 17.9. The van der Waals surface area contributed by atoms with E-state index in [2.05, 4.69) is 10.3 Å². The van der Waals surface area contributed by atoms with Crippen molar-refractivity contribution in [3.8, 4) is 0 Å². The number of hydrogen-bond acceptors (Lipinski definition) is 10. The van der Waals surface area contributed by atoms with E-state index in [-0.39, 0.29) is 60.7 Å². The largest absolute Gasteiger partial charge is 0.466 e. The standard InChI is InChI=1S/C43H66N4O8S/c1-11-28(5)32(24-36(48)34-20-16-17-21-47(34)42(53)55-43(7,8)9)40(51)46(10)35(27(3)4)25-37(49)39-45-33(26-56-39)38(50)44-31(22-29(6)41(52)54-12-2)23-30-18-14-13-15-19-30/h13-15,18-19,26-29,31-32,34-35,37,49H,11-12,16-17,20-25H2,1-10H3,(H,44,50)/t28-,29-,31+,32-,34+,35+,37+/m0/s1. The van der Waals surface area contributed by atoms with Crippen molar-refractivity contribution in [3.05, 3.63) is 52.0 Å². The van der Waals surface area contributed by atoms with Crippen molar-refractivity contribution in [2.45, 2.75) is 144 Å². The molecule has 1 aliphatic heterocycles. The predicted molar refractivity (Wildman–Crippen MR) is 218 cm³/mol. The molecule has 7 atom stereocenters. The maximum atomic E-state index is 14.3. The minimum absolute atomic E-state index is 0.00426. The number of nitrogens with one attached hydrogen (secondary N) is 1. The van der Waals surface area contributed by atoms with Crippen LogP contribution >= 0.6 is 11.3 Å². The molecule has 2 heterocycles. The number of aliphatic hydroxyl groups is 1. The fourth-order valence-electron chi connectivity index (χ4n) is 7.31. The summed E-state index contributed by atoms with van der Waals surface area (Å²) in [5, 5.41) is 16.5. The molecular formula is C43H66N4O8S. The number of carbonyl (C=O) groups is 5. The van der Waals surface area contributed by atoms with Gasteiger partial charge in [-0.25, -0.2) is 9.78 Å². The summed E-state index contributed by atoms with van der Waals surface area (Å²) in [6.07, 6.45) is 2.33. The van der Waals surface area contributed by atoms with Crippen LogP contribution in [0, 0.1) is 23.7 Å². The van der Waals surface area contributed by atoms with Crippen LogP contribution in [0.2, 0.25) is 0 Å². The van der Waals surface area contributed by atoms with Gasteiger partial charge in [0.1, 0.15) is 22.4 Å². The second kappa shape index (κ2) is 21.6. The predicted octanol–water partition coefficient (Wildman–Crippen LogP) is 7.39. The zero-order chi connectivity index (χ0) is 41.7. The molecule has 0 spiro atoms. The first kappa shape index (κ1) is 46.5. The number of rotatable bonds is 19. The molecule has 12 nitrogen and oxygen atoms in total. The Balaban J connectivity index is 1.73. The molecule has 1 aliphatic rings. The van der Waals surface area contributed by atoms with Gasteiger partial charge in [-0.15, -0.1) is 11.3 Å². The second-order valence-electron chi connectivity index (χ2n) is 16.7. The van der Waals surface area contributed by atoms with Crippen LogP contribution in [-0.2, 0) is 30.3 Å². The van der Waals surface area contributed by atoms with Crippen molar-refractivity contribution >= 4 is 41.0 Å². The third-order valence-corrected chi connectivity index (χ3v) is 11.6. The molecule has 0 saturated carbocycles.